The molecule has 0 aromatic heterocycles. The van der Waals surface area contributed by atoms with E-state index in [1.807, 2.05) is 0 Å². The van der Waals surface area contributed by atoms with Crippen LogP contribution in [0.25, 0.3) is 0 Å². The molecular weight excluding hydrogens is 256 g/mol. The van der Waals surface area contributed by atoms with Crippen LogP contribution < -0.4 is 0 Å². The van der Waals surface area contributed by atoms with Crippen molar-refractivity contribution in [2.45, 2.75) is 68.9 Å². The van der Waals surface area contributed by atoms with Crippen LogP contribution in [0.3, 0.4) is 0 Å². The molecule has 2 aliphatic rings. The van der Waals surface area contributed by atoms with Crippen molar-refractivity contribution in [3.05, 3.63) is 12.7 Å². The second kappa shape index (κ2) is 6.03. The van der Waals surface area contributed by atoms with Crippen LogP contribution in [0.1, 0.15) is 39.5 Å². The van der Waals surface area contributed by atoms with E-state index in [-0.39, 0.29) is 5.60 Å². The summed E-state index contributed by atoms with van der Waals surface area (Å²) in [7, 11) is -2.55. The van der Waals surface area contributed by atoms with Crippen LogP contribution >= 0.6 is 0 Å². The highest BCUT2D eigenvalue weighted by atomic mass is 28.4. The minimum absolute atomic E-state index is 0.0938. The van der Waals surface area contributed by atoms with Crippen LogP contribution in [-0.4, -0.2) is 29.6 Å². The van der Waals surface area contributed by atoms with Crippen LogP contribution in [0, 0.1) is 0 Å². The van der Waals surface area contributed by atoms with E-state index in [4.69, 9.17) is 8.85 Å². The van der Waals surface area contributed by atoms with Crippen LogP contribution in [-0.2, 0) is 8.85 Å². The van der Waals surface area contributed by atoms with Gasteiger partial charge in [0.15, 0.2) is 17.4 Å². The molecule has 2 unspecified atom stereocenters. The molecule has 18 heavy (non-hydrogen) atoms. The molecule has 0 spiro atoms. The average molecular weight is 285 g/mol. The highest BCUT2D eigenvalue weighted by molar-refractivity contribution is 6.84. The maximum atomic E-state index is 6.63. The Hall–Kier alpha value is 0.0938. The van der Waals surface area contributed by atoms with Crippen molar-refractivity contribution in [3.8, 4) is 0 Å². The molecule has 0 aromatic rings. The smallest absolute Gasteiger partial charge is 0.196 e. The molecule has 0 aliphatic carbocycles. The Morgan fingerprint density at radius 2 is 2.17 bits per heavy atom. The standard InChI is InChI=1S/C14H28O2Si2/c1-4-11-18(12-7-8-14(2,3)16-18)13-17-10-6-5-9-15-17/h4,17H,1,5-13H2,2-3H3. The average Bonchev–Trinajstić information content (AvgIpc) is 2.29. The molecule has 4 heteroatoms. The zero-order valence-corrected chi connectivity index (χ0v) is 14.2. The summed E-state index contributed by atoms with van der Waals surface area (Å²) in [5.74, 6) is 0. The quantitative estimate of drug-likeness (QED) is 0.578. The van der Waals surface area contributed by atoms with Crippen LogP contribution in [0.4, 0.5) is 0 Å². The van der Waals surface area contributed by atoms with Gasteiger partial charge in [-0.05, 0) is 50.5 Å². The first-order valence-electron chi connectivity index (χ1n) is 7.48. The van der Waals surface area contributed by atoms with Crippen molar-refractivity contribution in [1.82, 2.24) is 0 Å². The normalized spacial score (nSPS) is 36.2. The second-order valence-electron chi connectivity index (χ2n) is 6.58. The van der Waals surface area contributed by atoms with Crippen LogP contribution in [0.5, 0.6) is 0 Å². The topological polar surface area (TPSA) is 18.5 Å². The van der Waals surface area contributed by atoms with Crippen molar-refractivity contribution in [3.63, 3.8) is 0 Å². The van der Waals surface area contributed by atoms with Gasteiger partial charge in [0.05, 0.1) is 5.60 Å². The van der Waals surface area contributed by atoms with Crippen LogP contribution in [0.15, 0.2) is 12.7 Å². The van der Waals surface area contributed by atoms with Gasteiger partial charge in [0, 0.05) is 6.61 Å². The van der Waals surface area contributed by atoms with E-state index in [2.05, 4.69) is 26.5 Å². The third-order valence-electron chi connectivity index (χ3n) is 4.29. The molecule has 0 bridgehead atoms. The number of hydrogen-bond donors (Lipinski definition) is 0. The zero-order chi connectivity index (χ0) is 13.1. The summed E-state index contributed by atoms with van der Waals surface area (Å²) in [4.78, 5) is 0. The molecule has 2 atom stereocenters. The first-order chi connectivity index (χ1) is 8.55. The highest BCUT2D eigenvalue weighted by Crippen LogP contribution is 2.39. The summed E-state index contributed by atoms with van der Waals surface area (Å²) >= 11 is 0. The van der Waals surface area contributed by atoms with Crippen molar-refractivity contribution in [2.75, 3.05) is 6.61 Å². The lowest BCUT2D eigenvalue weighted by Gasteiger charge is -2.45. The van der Waals surface area contributed by atoms with Crippen molar-refractivity contribution < 1.29 is 8.85 Å². The van der Waals surface area contributed by atoms with Gasteiger partial charge in [-0.3, -0.25) is 0 Å². The molecule has 2 heterocycles. The van der Waals surface area contributed by atoms with Gasteiger partial charge < -0.3 is 8.85 Å². The van der Waals surface area contributed by atoms with E-state index in [0.29, 0.717) is 0 Å². The van der Waals surface area contributed by atoms with Crippen molar-refractivity contribution in [1.29, 1.82) is 0 Å². The van der Waals surface area contributed by atoms with Crippen molar-refractivity contribution in [2.24, 2.45) is 0 Å². The number of hydrogen-bond acceptors (Lipinski definition) is 2. The van der Waals surface area contributed by atoms with Crippen molar-refractivity contribution >= 4 is 17.4 Å². The van der Waals surface area contributed by atoms with Gasteiger partial charge in [0.1, 0.15) is 0 Å². The first kappa shape index (κ1) is 14.5. The van der Waals surface area contributed by atoms with Gasteiger partial charge in [-0.2, -0.15) is 0 Å². The summed E-state index contributed by atoms with van der Waals surface area (Å²) < 4.78 is 12.7. The predicted molar refractivity (Wildman–Crippen MR) is 81.9 cm³/mol. The Morgan fingerprint density at radius 3 is 2.78 bits per heavy atom. The molecule has 0 saturated carbocycles. The molecule has 0 radical (unpaired) electrons. The van der Waals surface area contributed by atoms with E-state index in [0.717, 1.165) is 12.7 Å². The van der Waals surface area contributed by atoms with Gasteiger partial charge in [-0.25, -0.2) is 0 Å². The van der Waals surface area contributed by atoms with E-state index in [1.54, 1.807) is 0 Å². The summed E-state index contributed by atoms with van der Waals surface area (Å²) in [5.41, 5.74) is 1.42. The minimum Gasteiger partial charge on any atom is -0.420 e. The third kappa shape index (κ3) is 3.79. The van der Waals surface area contributed by atoms with E-state index in [9.17, 15) is 0 Å². The van der Waals surface area contributed by atoms with Gasteiger partial charge in [-0.15, -0.1) is 6.58 Å². The fourth-order valence-electron chi connectivity index (χ4n) is 3.54. The zero-order valence-electron chi connectivity index (χ0n) is 12.0. The summed E-state index contributed by atoms with van der Waals surface area (Å²) in [6.07, 6.45) is 7.32. The fraction of sp³-hybridized carbons (Fsp3) is 0.857. The molecule has 2 nitrogen and oxygen atoms in total. The molecule has 2 rings (SSSR count). The van der Waals surface area contributed by atoms with Gasteiger partial charge in [0.25, 0.3) is 0 Å². The van der Waals surface area contributed by atoms with Gasteiger partial charge in [-0.1, -0.05) is 18.9 Å². The summed E-state index contributed by atoms with van der Waals surface area (Å²) in [6, 6.07) is 3.83. The lowest BCUT2D eigenvalue weighted by Crippen LogP contribution is -2.52. The van der Waals surface area contributed by atoms with E-state index >= 15 is 0 Å². The lowest BCUT2D eigenvalue weighted by atomic mass is 10.0. The lowest BCUT2D eigenvalue weighted by molar-refractivity contribution is 0.0696. The number of rotatable bonds is 4. The monoisotopic (exact) mass is 284 g/mol. The molecular formula is C14H28O2Si2. The SMILES string of the molecule is C=CC[Si]1(C[SiH]2CCCCO2)CCCC(C)(C)O1. The van der Waals surface area contributed by atoms with E-state index < -0.39 is 17.4 Å². The van der Waals surface area contributed by atoms with E-state index in [1.165, 1.54) is 43.4 Å². The van der Waals surface area contributed by atoms with Gasteiger partial charge >= 0.3 is 0 Å². The molecule has 0 N–H and O–H groups in total. The molecule has 2 aliphatic heterocycles. The predicted octanol–water partition coefficient (Wildman–Crippen LogP) is 3.78. The van der Waals surface area contributed by atoms with Crippen LogP contribution in [0.2, 0.25) is 23.8 Å². The Bertz CT molecular complexity index is 288. The largest absolute Gasteiger partial charge is 0.420 e. The fourth-order valence-corrected chi connectivity index (χ4v) is 14.4. The maximum Gasteiger partial charge on any atom is 0.196 e. The Labute approximate surface area is 115 Å². The molecule has 0 aromatic carbocycles. The molecule has 2 saturated heterocycles. The second-order valence-corrected chi connectivity index (χ2v) is 13.8. The molecule has 104 valence electrons. The number of allylic oxidation sites excluding steroid dienone is 1. The Kier molecular flexibility index (Phi) is 4.86. The maximum absolute atomic E-state index is 6.63. The first-order valence-corrected chi connectivity index (χ1v) is 12.1. The molecule has 2 fully saturated rings. The van der Waals surface area contributed by atoms with Gasteiger partial charge in [0.2, 0.25) is 0 Å². The molecule has 0 amide bonds. The Balaban J connectivity index is 2.02. The Morgan fingerprint density at radius 1 is 1.33 bits per heavy atom. The summed E-state index contributed by atoms with van der Waals surface area (Å²) in [5, 5.41) is 0. The highest BCUT2D eigenvalue weighted by Gasteiger charge is 2.44. The summed E-state index contributed by atoms with van der Waals surface area (Å²) in [6.45, 7) is 9.51. The third-order valence-corrected chi connectivity index (χ3v) is 14.1. The minimum atomic E-state index is -1.59.